The lowest BCUT2D eigenvalue weighted by molar-refractivity contribution is -0.148. The van der Waals surface area contributed by atoms with E-state index in [1.807, 2.05) is 4.90 Å². The number of nitrogens with one attached hydrogen (secondary N) is 1. The second-order valence-corrected chi connectivity index (χ2v) is 9.14. The second kappa shape index (κ2) is 6.58. The summed E-state index contributed by atoms with van der Waals surface area (Å²) in [6, 6.07) is 0. The smallest absolute Gasteiger partial charge is 0.249 e. The van der Waals surface area contributed by atoms with E-state index < -0.39 is 5.54 Å². The number of likely N-dealkylation sites (tertiary alicyclic amines) is 1. The summed E-state index contributed by atoms with van der Waals surface area (Å²) in [6.45, 7) is 2.18. The average Bonchev–Trinajstić information content (AvgIpc) is 3.02. The zero-order valence-electron chi connectivity index (χ0n) is 16.7. The van der Waals surface area contributed by atoms with Crippen LogP contribution in [0, 0.1) is 11.3 Å². The van der Waals surface area contributed by atoms with E-state index in [1.54, 1.807) is 13.4 Å². The number of piperidine rings is 1. The number of hydrogen-bond donors (Lipinski definition) is 1. The van der Waals surface area contributed by atoms with Crippen molar-refractivity contribution < 1.29 is 14.3 Å². The number of aromatic nitrogens is 2. The summed E-state index contributed by atoms with van der Waals surface area (Å²) in [5.74, 6) is 0.621. The molecule has 5 rings (SSSR count). The molecule has 2 aliphatic heterocycles. The van der Waals surface area contributed by atoms with Gasteiger partial charge in [-0.25, -0.2) is 4.98 Å². The Morgan fingerprint density at radius 1 is 1.21 bits per heavy atom. The van der Waals surface area contributed by atoms with Crippen molar-refractivity contribution in [1.29, 1.82) is 0 Å². The monoisotopic (exact) mass is 386 g/mol. The van der Waals surface area contributed by atoms with Crippen molar-refractivity contribution in [3.8, 4) is 0 Å². The molecule has 1 aromatic heterocycles. The van der Waals surface area contributed by atoms with Gasteiger partial charge in [0.25, 0.3) is 0 Å². The summed E-state index contributed by atoms with van der Waals surface area (Å²) in [7, 11) is 1.56. The van der Waals surface area contributed by atoms with Gasteiger partial charge < -0.3 is 19.5 Å². The van der Waals surface area contributed by atoms with Crippen LogP contribution in [0.15, 0.2) is 6.33 Å². The standard InChI is InChI=1S/C21H30N4O3/c1-28-13-17(26)25-9-4-16-18(23-14-22-16)21(25)7-10-24(11-8-21)19(27)15-12-20(15)5-2-3-6-20/h14-15H,2-13H2,1H3,(H,22,23)/t15-/m1/s1. The van der Waals surface area contributed by atoms with E-state index in [9.17, 15) is 9.59 Å². The lowest BCUT2D eigenvalue weighted by atomic mass is 9.78. The fourth-order valence-electron chi connectivity index (χ4n) is 6.20. The molecule has 2 amide bonds. The lowest BCUT2D eigenvalue weighted by Crippen LogP contribution is -2.59. The number of hydrogen-bond acceptors (Lipinski definition) is 4. The van der Waals surface area contributed by atoms with E-state index in [0.29, 0.717) is 31.0 Å². The minimum absolute atomic E-state index is 0.0167. The van der Waals surface area contributed by atoms with Crippen molar-refractivity contribution in [1.82, 2.24) is 19.8 Å². The molecule has 0 aromatic carbocycles. The number of fused-ring (bicyclic) bond motifs is 2. The highest BCUT2D eigenvalue weighted by molar-refractivity contribution is 5.83. The SMILES string of the molecule is COCC(=O)N1CCc2[nH]cnc2C12CCN(C(=O)[C@H]1CC13CCCC3)CC2. The molecular weight excluding hydrogens is 356 g/mol. The fraction of sp³-hybridized carbons (Fsp3) is 0.762. The molecule has 2 spiro atoms. The molecule has 1 aromatic rings. The maximum Gasteiger partial charge on any atom is 0.249 e. The number of aromatic amines is 1. The third kappa shape index (κ3) is 2.62. The Kier molecular flexibility index (Phi) is 4.27. The fourth-order valence-corrected chi connectivity index (χ4v) is 6.20. The Balaban J connectivity index is 1.34. The molecule has 28 heavy (non-hydrogen) atoms. The molecule has 0 radical (unpaired) electrons. The van der Waals surface area contributed by atoms with Crippen molar-refractivity contribution in [2.45, 2.75) is 56.9 Å². The number of carbonyl (C=O) groups excluding carboxylic acids is 2. The van der Waals surface area contributed by atoms with E-state index in [2.05, 4.69) is 14.9 Å². The van der Waals surface area contributed by atoms with Crippen LogP contribution < -0.4 is 0 Å². The molecule has 1 atom stereocenters. The summed E-state index contributed by atoms with van der Waals surface area (Å²) >= 11 is 0. The lowest BCUT2D eigenvalue weighted by Gasteiger charge is -2.50. The van der Waals surface area contributed by atoms with Gasteiger partial charge in [-0.1, -0.05) is 12.8 Å². The molecule has 3 heterocycles. The van der Waals surface area contributed by atoms with Crippen LogP contribution in [0.4, 0.5) is 0 Å². The van der Waals surface area contributed by atoms with Crippen molar-refractivity contribution in [3.63, 3.8) is 0 Å². The second-order valence-electron chi connectivity index (χ2n) is 9.14. The van der Waals surface area contributed by atoms with Gasteiger partial charge in [0.15, 0.2) is 0 Å². The van der Waals surface area contributed by atoms with E-state index in [0.717, 1.165) is 37.1 Å². The minimum atomic E-state index is -0.408. The average molecular weight is 386 g/mol. The first kappa shape index (κ1) is 18.2. The van der Waals surface area contributed by atoms with Crippen LogP contribution in [0.5, 0.6) is 0 Å². The molecule has 2 aliphatic carbocycles. The van der Waals surface area contributed by atoms with E-state index in [1.165, 1.54) is 25.7 Å². The number of imidazole rings is 1. The maximum atomic E-state index is 13.1. The number of H-pyrrole nitrogens is 1. The van der Waals surface area contributed by atoms with Gasteiger partial charge in [0, 0.05) is 44.8 Å². The number of rotatable bonds is 3. The van der Waals surface area contributed by atoms with Gasteiger partial charge in [-0.2, -0.15) is 0 Å². The summed E-state index contributed by atoms with van der Waals surface area (Å²) in [5, 5.41) is 0. The van der Waals surface area contributed by atoms with Crippen LogP contribution >= 0.6 is 0 Å². The van der Waals surface area contributed by atoms with Crippen molar-refractivity contribution >= 4 is 11.8 Å². The first-order valence-electron chi connectivity index (χ1n) is 10.7. The van der Waals surface area contributed by atoms with Gasteiger partial charge in [-0.15, -0.1) is 0 Å². The zero-order valence-corrected chi connectivity index (χ0v) is 16.7. The van der Waals surface area contributed by atoms with Crippen LogP contribution in [-0.2, 0) is 26.3 Å². The van der Waals surface area contributed by atoms with E-state index in [-0.39, 0.29) is 18.4 Å². The van der Waals surface area contributed by atoms with Gasteiger partial charge in [0.1, 0.15) is 6.61 Å². The molecule has 3 fully saturated rings. The molecule has 1 N–H and O–H groups in total. The molecule has 0 unspecified atom stereocenters. The Hall–Kier alpha value is -1.89. The van der Waals surface area contributed by atoms with Crippen molar-refractivity contribution in [3.05, 3.63) is 17.7 Å². The quantitative estimate of drug-likeness (QED) is 0.860. The molecule has 7 nitrogen and oxygen atoms in total. The Labute approximate surface area is 165 Å². The van der Waals surface area contributed by atoms with Gasteiger partial charge in [0.2, 0.25) is 11.8 Å². The first-order valence-corrected chi connectivity index (χ1v) is 10.7. The Morgan fingerprint density at radius 3 is 2.68 bits per heavy atom. The van der Waals surface area contributed by atoms with E-state index >= 15 is 0 Å². The van der Waals surface area contributed by atoms with Crippen LogP contribution in [-0.4, -0.2) is 64.9 Å². The number of ether oxygens (including phenoxy) is 1. The molecule has 152 valence electrons. The third-order valence-corrected chi connectivity index (χ3v) is 7.82. The highest BCUT2D eigenvalue weighted by Gasteiger charge is 2.60. The summed E-state index contributed by atoms with van der Waals surface area (Å²) in [5.41, 5.74) is 2.06. The topological polar surface area (TPSA) is 78.5 Å². The van der Waals surface area contributed by atoms with Crippen LogP contribution in [0.25, 0.3) is 0 Å². The van der Waals surface area contributed by atoms with Crippen LogP contribution in [0.3, 0.4) is 0 Å². The summed E-state index contributed by atoms with van der Waals surface area (Å²) < 4.78 is 5.13. The van der Waals surface area contributed by atoms with Crippen molar-refractivity contribution in [2.24, 2.45) is 11.3 Å². The van der Waals surface area contributed by atoms with E-state index in [4.69, 9.17) is 4.74 Å². The largest absolute Gasteiger partial charge is 0.375 e. The first-order chi connectivity index (χ1) is 13.6. The number of amides is 2. The molecular formula is C21H30N4O3. The van der Waals surface area contributed by atoms with Gasteiger partial charge in [0.05, 0.1) is 17.6 Å². The highest BCUT2D eigenvalue weighted by atomic mass is 16.5. The van der Waals surface area contributed by atoms with Crippen LogP contribution in [0.2, 0.25) is 0 Å². The predicted octanol–water partition coefficient (Wildman–Crippen LogP) is 1.84. The predicted molar refractivity (Wildman–Crippen MR) is 102 cm³/mol. The minimum Gasteiger partial charge on any atom is -0.375 e. The zero-order chi connectivity index (χ0) is 19.4. The highest BCUT2D eigenvalue weighted by Crippen LogP contribution is 2.63. The van der Waals surface area contributed by atoms with Gasteiger partial charge in [-0.3, -0.25) is 9.59 Å². The van der Waals surface area contributed by atoms with Gasteiger partial charge in [-0.05, 0) is 37.5 Å². The molecule has 2 saturated carbocycles. The summed E-state index contributed by atoms with van der Waals surface area (Å²) in [6.07, 6.45) is 10.2. The van der Waals surface area contributed by atoms with Gasteiger partial charge >= 0.3 is 0 Å². The number of nitrogens with zero attached hydrogens (tertiary/aromatic N) is 3. The molecule has 0 bridgehead atoms. The third-order valence-electron chi connectivity index (χ3n) is 7.82. The summed E-state index contributed by atoms with van der Waals surface area (Å²) in [4.78, 5) is 37.8. The Bertz CT molecular complexity index is 774. The van der Waals surface area contributed by atoms with Crippen LogP contribution in [0.1, 0.15) is 56.3 Å². The maximum absolute atomic E-state index is 13.1. The molecule has 7 heteroatoms. The Morgan fingerprint density at radius 2 is 1.96 bits per heavy atom. The normalized spacial score (nSPS) is 27.2. The molecule has 1 saturated heterocycles. The number of methoxy groups -OCH3 is 1. The molecule has 4 aliphatic rings. The number of carbonyl (C=O) groups is 2. The van der Waals surface area contributed by atoms with Crippen molar-refractivity contribution in [2.75, 3.05) is 33.4 Å².